The zero-order valence-corrected chi connectivity index (χ0v) is 12.5. The third kappa shape index (κ3) is 3.79. The molecule has 0 saturated carbocycles. The van der Waals surface area contributed by atoms with Crippen LogP contribution in [0.4, 0.5) is 5.69 Å². The van der Waals surface area contributed by atoms with E-state index in [9.17, 15) is 4.79 Å². The Bertz CT molecular complexity index is 639. The minimum absolute atomic E-state index is 0.0855. The molecule has 0 spiro atoms. The number of carbonyl (C=O) groups is 1. The number of benzene rings is 2. The molecule has 0 fully saturated rings. The van der Waals surface area contributed by atoms with Gasteiger partial charge in [-0.2, -0.15) is 0 Å². The molecule has 0 bridgehead atoms. The van der Waals surface area contributed by atoms with Crippen molar-refractivity contribution in [3.8, 4) is 0 Å². The van der Waals surface area contributed by atoms with Crippen LogP contribution in [-0.2, 0) is 11.3 Å². The lowest BCUT2D eigenvalue weighted by molar-refractivity contribution is 0.0473. The molecule has 0 aromatic heterocycles. The van der Waals surface area contributed by atoms with Crippen molar-refractivity contribution in [2.24, 2.45) is 0 Å². The summed E-state index contributed by atoms with van der Waals surface area (Å²) >= 11 is 17.5. The number of nitrogens with two attached hydrogens (primary N) is 1. The van der Waals surface area contributed by atoms with Crippen LogP contribution in [0.15, 0.2) is 36.4 Å². The highest BCUT2D eigenvalue weighted by atomic mass is 35.5. The average Bonchev–Trinajstić information content (AvgIpc) is 2.38. The first kappa shape index (κ1) is 15.0. The molecular weight excluding hydrogens is 321 g/mol. The maximum absolute atomic E-state index is 11.9. The van der Waals surface area contributed by atoms with E-state index in [1.165, 1.54) is 12.1 Å². The highest BCUT2D eigenvalue weighted by molar-refractivity contribution is 6.42. The summed E-state index contributed by atoms with van der Waals surface area (Å²) in [6, 6.07) is 9.57. The van der Waals surface area contributed by atoms with Crippen LogP contribution in [0.5, 0.6) is 0 Å². The van der Waals surface area contributed by atoms with Gasteiger partial charge in [-0.25, -0.2) is 4.79 Å². The van der Waals surface area contributed by atoms with Crippen LogP contribution in [0.2, 0.25) is 15.1 Å². The number of ether oxygens (including phenoxy) is 1. The molecule has 0 atom stereocenters. The molecule has 2 aromatic rings. The van der Waals surface area contributed by atoms with Crippen molar-refractivity contribution < 1.29 is 9.53 Å². The van der Waals surface area contributed by atoms with Gasteiger partial charge in [-0.15, -0.1) is 0 Å². The third-order valence-electron chi connectivity index (χ3n) is 2.51. The van der Waals surface area contributed by atoms with Gasteiger partial charge in [0, 0.05) is 10.7 Å². The zero-order chi connectivity index (χ0) is 14.7. The van der Waals surface area contributed by atoms with Gasteiger partial charge in [0.15, 0.2) is 0 Å². The van der Waals surface area contributed by atoms with Crippen molar-refractivity contribution in [3.63, 3.8) is 0 Å². The van der Waals surface area contributed by atoms with Crippen LogP contribution >= 0.6 is 34.8 Å². The molecule has 2 aromatic carbocycles. The van der Waals surface area contributed by atoms with Crippen LogP contribution in [-0.4, -0.2) is 5.97 Å². The fourth-order valence-electron chi connectivity index (χ4n) is 1.59. The topological polar surface area (TPSA) is 52.3 Å². The fraction of sp³-hybridized carbons (Fsp3) is 0.0714. The summed E-state index contributed by atoms with van der Waals surface area (Å²) in [5.41, 5.74) is 7.06. The first-order chi connectivity index (χ1) is 9.45. The maximum Gasteiger partial charge on any atom is 0.338 e. The van der Waals surface area contributed by atoms with E-state index in [2.05, 4.69) is 0 Å². The number of anilines is 1. The van der Waals surface area contributed by atoms with Crippen molar-refractivity contribution >= 4 is 46.5 Å². The van der Waals surface area contributed by atoms with Gasteiger partial charge < -0.3 is 10.5 Å². The quantitative estimate of drug-likeness (QED) is 0.661. The lowest BCUT2D eigenvalue weighted by Crippen LogP contribution is -2.06. The second-order valence-corrected chi connectivity index (χ2v) is 5.35. The molecule has 104 valence electrons. The van der Waals surface area contributed by atoms with E-state index >= 15 is 0 Å². The van der Waals surface area contributed by atoms with E-state index in [1.807, 2.05) is 0 Å². The minimum Gasteiger partial charge on any atom is -0.457 e. The summed E-state index contributed by atoms with van der Waals surface area (Å²) in [5, 5.41) is 1.24. The zero-order valence-electron chi connectivity index (χ0n) is 10.2. The Morgan fingerprint density at radius 3 is 2.45 bits per heavy atom. The van der Waals surface area contributed by atoms with E-state index in [0.29, 0.717) is 26.3 Å². The third-order valence-corrected chi connectivity index (χ3v) is 3.47. The Hall–Kier alpha value is -1.42. The number of halogens is 3. The molecule has 2 rings (SSSR count). The van der Waals surface area contributed by atoms with Gasteiger partial charge in [-0.3, -0.25) is 0 Å². The molecule has 0 aliphatic rings. The molecule has 6 heteroatoms. The van der Waals surface area contributed by atoms with Crippen LogP contribution in [0.1, 0.15) is 15.9 Å². The van der Waals surface area contributed by atoms with Gasteiger partial charge in [0.2, 0.25) is 0 Å². The number of nitrogen functional groups attached to an aromatic ring is 1. The van der Waals surface area contributed by atoms with Crippen LogP contribution in [0.25, 0.3) is 0 Å². The molecule has 0 heterocycles. The van der Waals surface area contributed by atoms with Gasteiger partial charge in [0.1, 0.15) is 6.61 Å². The summed E-state index contributed by atoms with van der Waals surface area (Å²) in [6.45, 7) is 0.0855. The second-order valence-electron chi connectivity index (χ2n) is 4.10. The number of carbonyl (C=O) groups excluding carboxylic acids is 1. The van der Waals surface area contributed by atoms with Gasteiger partial charge in [0.25, 0.3) is 0 Å². The first-order valence-corrected chi connectivity index (χ1v) is 6.76. The van der Waals surface area contributed by atoms with Crippen LogP contribution < -0.4 is 5.73 Å². The molecule has 0 aliphatic heterocycles. The van der Waals surface area contributed by atoms with E-state index in [4.69, 9.17) is 45.3 Å². The highest BCUT2D eigenvalue weighted by Gasteiger charge is 2.10. The summed E-state index contributed by atoms with van der Waals surface area (Å²) in [4.78, 5) is 11.9. The molecular formula is C14H10Cl3NO2. The van der Waals surface area contributed by atoms with Crippen LogP contribution in [0.3, 0.4) is 0 Å². The maximum atomic E-state index is 11.9. The summed E-state index contributed by atoms with van der Waals surface area (Å²) in [6.07, 6.45) is 0. The number of hydrogen-bond donors (Lipinski definition) is 1. The van der Waals surface area contributed by atoms with Crippen LogP contribution in [0, 0.1) is 0 Å². The molecule has 0 radical (unpaired) electrons. The average molecular weight is 331 g/mol. The highest BCUT2D eigenvalue weighted by Crippen LogP contribution is 2.23. The van der Waals surface area contributed by atoms with Gasteiger partial charge in [0.05, 0.1) is 15.6 Å². The Morgan fingerprint density at radius 1 is 1.05 bits per heavy atom. The van der Waals surface area contributed by atoms with E-state index in [-0.39, 0.29) is 6.61 Å². The first-order valence-electron chi connectivity index (χ1n) is 5.63. The Balaban J connectivity index is 2.06. The second kappa shape index (κ2) is 6.35. The fourth-order valence-corrected chi connectivity index (χ4v) is 2.16. The van der Waals surface area contributed by atoms with Crippen molar-refractivity contribution in [2.45, 2.75) is 6.61 Å². The van der Waals surface area contributed by atoms with Crippen molar-refractivity contribution in [1.82, 2.24) is 0 Å². The molecule has 3 nitrogen and oxygen atoms in total. The smallest absolute Gasteiger partial charge is 0.338 e. The minimum atomic E-state index is -0.509. The van der Waals surface area contributed by atoms with Crippen molar-refractivity contribution in [1.29, 1.82) is 0 Å². The lowest BCUT2D eigenvalue weighted by atomic mass is 10.2. The van der Waals surface area contributed by atoms with Gasteiger partial charge >= 0.3 is 5.97 Å². The Morgan fingerprint density at radius 2 is 1.80 bits per heavy atom. The summed E-state index contributed by atoms with van der Waals surface area (Å²) in [5.74, 6) is -0.509. The normalized spacial score (nSPS) is 10.3. The molecule has 20 heavy (non-hydrogen) atoms. The summed E-state index contributed by atoms with van der Waals surface area (Å²) in [7, 11) is 0. The molecule has 0 saturated heterocycles. The summed E-state index contributed by atoms with van der Waals surface area (Å²) < 4.78 is 5.16. The Kier molecular flexibility index (Phi) is 4.76. The monoisotopic (exact) mass is 329 g/mol. The number of esters is 1. The van der Waals surface area contributed by atoms with Gasteiger partial charge in [-0.1, -0.05) is 40.9 Å². The van der Waals surface area contributed by atoms with E-state index < -0.39 is 5.97 Å². The number of rotatable bonds is 3. The predicted molar refractivity (Wildman–Crippen MR) is 81.4 cm³/mol. The van der Waals surface area contributed by atoms with Crippen molar-refractivity contribution in [2.75, 3.05) is 5.73 Å². The molecule has 0 aliphatic carbocycles. The predicted octanol–water partition coefficient (Wildman–Crippen LogP) is 4.59. The Labute approximate surface area is 131 Å². The SMILES string of the molecule is Nc1cc(Cl)cc(C(=O)OCc2ccc(Cl)c(Cl)c2)c1. The molecule has 2 N–H and O–H groups in total. The lowest BCUT2D eigenvalue weighted by Gasteiger charge is -2.07. The molecule has 0 amide bonds. The van der Waals surface area contributed by atoms with Crippen molar-refractivity contribution in [3.05, 3.63) is 62.6 Å². The largest absolute Gasteiger partial charge is 0.457 e. The van der Waals surface area contributed by atoms with Gasteiger partial charge in [-0.05, 0) is 35.9 Å². The standard InChI is InChI=1S/C14H10Cl3NO2/c15-10-4-9(5-11(18)6-10)14(19)20-7-8-1-2-12(16)13(17)3-8/h1-6H,7,18H2. The van der Waals surface area contributed by atoms with E-state index in [0.717, 1.165) is 5.56 Å². The number of hydrogen-bond acceptors (Lipinski definition) is 3. The van der Waals surface area contributed by atoms with E-state index in [1.54, 1.807) is 24.3 Å². The molecule has 0 unspecified atom stereocenters.